The van der Waals surface area contributed by atoms with E-state index in [4.69, 9.17) is 23.8 Å². The first-order valence-corrected chi connectivity index (χ1v) is 20.8. The van der Waals surface area contributed by atoms with Gasteiger partial charge in [-0.1, -0.05) is 164 Å². The summed E-state index contributed by atoms with van der Waals surface area (Å²) in [4.78, 5) is 16.1. The Kier molecular flexibility index (Phi) is 7.54. The highest BCUT2D eigenvalue weighted by molar-refractivity contribution is 6.22. The molecule has 10 aromatic carbocycles. The van der Waals surface area contributed by atoms with Crippen molar-refractivity contribution in [3.8, 4) is 56.4 Å². The Hall–Kier alpha value is -8.41. The third-order valence-corrected chi connectivity index (χ3v) is 12.3. The Morgan fingerprint density at radius 2 is 0.790 bits per heavy atom. The quantitative estimate of drug-likeness (QED) is 0.174. The van der Waals surface area contributed by atoms with Crippen molar-refractivity contribution in [2.24, 2.45) is 0 Å². The highest BCUT2D eigenvalue weighted by atomic mass is 16.3. The molecule has 288 valence electrons. The van der Waals surface area contributed by atoms with E-state index in [1.807, 2.05) is 36.4 Å². The summed E-state index contributed by atoms with van der Waals surface area (Å²) in [5.41, 5.74) is 10.7. The van der Waals surface area contributed by atoms with Gasteiger partial charge in [0, 0.05) is 43.6 Å². The van der Waals surface area contributed by atoms with Crippen LogP contribution in [0.15, 0.2) is 209 Å². The van der Waals surface area contributed by atoms with Gasteiger partial charge in [-0.05, 0) is 85.6 Å². The van der Waals surface area contributed by atoms with Gasteiger partial charge < -0.3 is 8.83 Å². The molecule has 5 nitrogen and oxygen atoms in total. The smallest absolute Gasteiger partial charge is 0.164 e. The first kappa shape index (κ1) is 34.5. The van der Waals surface area contributed by atoms with E-state index in [1.165, 1.54) is 5.56 Å². The molecule has 0 aliphatic carbocycles. The molecule has 3 aromatic heterocycles. The molecular formula is C57H33N3O2. The van der Waals surface area contributed by atoms with E-state index in [2.05, 4.69) is 164 Å². The van der Waals surface area contributed by atoms with E-state index in [0.29, 0.717) is 17.5 Å². The third kappa shape index (κ3) is 5.38. The predicted molar refractivity (Wildman–Crippen MR) is 254 cm³/mol. The molecule has 0 amide bonds. The lowest BCUT2D eigenvalue weighted by Gasteiger charge is -2.14. The van der Waals surface area contributed by atoms with Crippen LogP contribution in [0.3, 0.4) is 0 Å². The summed E-state index contributed by atoms with van der Waals surface area (Å²) in [7, 11) is 0. The molecule has 0 spiro atoms. The Bertz CT molecular complexity index is 3940. The van der Waals surface area contributed by atoms with Crippen LogP contribution in [0.5, 0.6) is 0 Å². The lowest BCUT2D eigenvalue weighted by Crippen LogP contribution is -2.01. The molecule has 0 unspecified atom stereocenters. The van der Waals surface area contributed by atoms with E-state index in [1.54, 1.807) is 0 Å². The number of fused-ring (bicyclic) bond motifs is 10. The van der Waals surface area contributed by atoms with Crippen LogP contribution in [-0.4, -0.2) is 15.0 Å². The number of furan rings is 2. The fourth-order valence-corrected chi connectivity index (χ4v) is 9.46. The van der Waals surface area contributed by atoms with Crippen LogP contribution in [0.1, 0.15) is 0 Å². The van der Waals surface area contributed by atoms with Crippen molar-refractivity contribution < 1.29 is 8.83 Å². The van der Waals surface area contributed by atoms with E-state index >= 15 is 0 Å². The molecule has 0 saturated carbocycles. The molecule has 3 heterocycles. The van der Waals surface area contributed by atoms with Gasteiger partial charge in [0.25, 0.3) is 0 Å². The maximum Gasteiger partial charge on any atom is 0.164 e. The number of aromatic nitrogens is 3. The molecular weight excluding hydrogens is 759 g/mol. The number of hydrogen-bond donors (Lipinski definition) is 0. The minimum atomic E-state index is 0.592. The minimum absolute atomic E-state index is 0.592. The van der Waals surface area contributed by atoms with Gasteiger partial charge >= 0.3 is 0 Å². The second-order valence-electron chi connectivity index (χ2n) is 15.9. The average Bonchev–Trinajstić information content (AvgIpc) is 3.92. The van der Waals surface area contributed by atoms with Crippen LogP contribution < -0.4 is 0 Å². The zero-order valence-electron chi connectivity index (χ0n) is 33.2. The van der Waals surface area contributed by atoms with Gasteiger partial charge in [-0.25, -0.2) is 15.0 Å². The monoisotopic (exact) mass is 791 g/mol. The van der Waals surface area contributed by atoms with Crippen molar-refractivity contribution >= 4 is 76.2 Å². The number of hydrogen-bond acceptors (Lipinski definition) is 5. The molecule has 0 aliphatic rings. The molecule has 0 aliphatic heterocycles. The molecule has 0 fully saturated rings. The molecule has 0 radical (unpaired) electrons. The SMILES string of the molecule is c1ccc(-c2ccc3ccc(-c4nc(-c5cccc6c(-c7cccc8oc9ccccc9c78)cccc56)nc(-c5cccc6ccc7oc8ccccc8c7c56)n4)cc3c2)cc1. The standard InChI is InChI=1S/C57H33N3O2/c1-2-12-34(13-3-1)37-28-26-35-27-29-38(33-39(35)32-37)55-58-56(60-57(59-55)47-22-8-14-36-30-31-51-54(52(36)47)46-16-5-7-24-49(46)62-51)44-21-10-17-40-41(18-9-19-42(40)44)43-20-11-25-50-53(43)45-15-4-6-23-48(45)61-50/h1-33H. The Morgan fingerprint density at radius 1 is 0.258 bits per heavy atom. The molecule has 0 saturated heterocycles. The molecule has 0 atom stereocenters. The Labute approximate surface area is 355 Å². The third-order valence-electron chi connectivity index (χ3n) is 12.3. The zero-order chi connectivity index (χ0) is 40.7. The van der Waals surface area contributed by atoms with E-state index in [-0.39, 0.29) is 0 Å². The van der Waals surface area contributed by atoms with Crippen molar-refractivity contribution in [2.45, 2.75) is 0 Å². The maximum absolute atomic E-state index is 6.40. The van der Waals surface area contributed by atoms with Gasteiger partial charge in [-0.2, -0.15) is 0 Å². The van der Waals surface area contributed by atoms with Crippen LogP contribution in [0.4, 0.5) is 0 Å². The summed E-state index contributed by atoms with van der Waals surface area (Å²) in [6.07, 6.45) is 0. The molecule has 13 aromatic rings. The van der Waals surface area contributed by atoms with Gasteiger partial charge in [0.15, 0.2) is 17.5 Å². The Balaban J connectivity index is 1.06. The topological polar surface area (TPSA) is 65.0 Å². The second-order valence-corrected chi connectivity index (χ2v) is 15.9. The van der Waals surface area contributed by atoms with Crippen LogP contribution in [0, 0.1) is 0 Å². The van der Waals surface area contributed by atoms with Crippen LogP contribution in [-0.2, 0) is 0 Å². The summed E-state index contributed by atoms with van der Waals surface area (Å²) in [5.74, 6) is 1.79. The highest BCUT2D eigenvalue weighted by Gasteiger charge is 2.21. The van der Waals surface area contributed by atoms with Crippen molar-refractivity contribution in [2.75, 3.05) is 0 Å². The summed E-state index contributed by atoms with van der Waals surface area (Å²) in [5, 5.41) is 10.8. The van der Waals surface area contributed by atoms with Crippen molar-refractivity contribution in [3.63, 3.8) is 0 Å². The summed E-state index contributed by atoms with van der Waals surface area (Å²) in [6, 6.07) is 69.8. The number of rotatable bonds is 5. The van der Waals surface area contributed by atoms with Crippen molar-refractivity contribution in [1.82, 2.24) is 15.0 Å². The zero-order valence-corrected chi connectivity index (χ0v) is 33.2. The normalized spacial score (nSPS) is 11.9. The van der Waals surface area contributed by atoms with Gasteiger partial charge in [-0.15, -0.1) is 0 Å². The first-order valence-electron chi connectivity index (χ1n) is 20.8. The molecule has 13 rings (SSSR count). The Morgan fingerprint density at radius 3 is 1.60 bits per heavy atom. The van der Waals surface area contributed by atoms with Gasteiger partial charge in [0.2, 0.25) is 0 Å². The van der Waals surface area contributed by atoms with Crippen LogP contribution in [0.2, 0.25) is 0 Å². The highest BCUT2D eigenvalue weighted by Crippen LogP contribution is 2.43. The molecule has 62 heavy (non-hydrogen) atoms. The lowest BCUT2D eigenvalue weighted by atomic mass is 9.93. The van der Waals surface area contributed by atoms with Gasteiger partial charge in [0.05, 0.1) is 0 Å². The first-order chi connectivity index (χ1) is 30.7. The van der Waals surface area contributed by atoms with Crippen LogP contribution in [0.25, 0.3) is 133 Å². The van der Waals surface area contributed by atoms with Crippen molar-refractivity contribution in [1.29, 1.82) is 0 Å². The fourth-order valence-electron chi connectivity index (χ4n) is 9.46. The molecule has 5 heteroatoms. The number of nitrogens with zero attached hydrogens (tertiary/aromatic N) is 3. The van der Waals surface area contributed by atoms with E-state index in [0.717, 1.165) is 110 Å². The van der Waals surface area contributed by atoms with Crippen LogP contribution >= 0.6 is 0 Å². The number of benzene rings is 10. The summed E-state index contributed by atoms with van der Waals surface area (Å²) in [6.45, 7) is 0. The predicted octanol–water partition coefficient (Wildman–Crippen LogP) is 15.5. The van der Waals surface area contributed by atoms with Gasteiger partial charge in [-0.3, -0.25) is 0 Å². The summed E-state index contributed by atoms with van der Waals surface area (Å²) >= 11 is 0. The maximum atomic E-state index is 6.40. The summed E-state index contributed by atoms with van der Waals surface area (Å²) < 4.78 is 12.7. The molecule has 0 bridgehead atoms. The van der Waals surface area contributed by atoms with E-state index < -0.39 is 0 Å². The fraction of sp³-hybridized carbons (Fsp3) is 0. The van der Waals surface area contributed by atoms with Gasteiger partial charge in [0.1, 0.15) is 22.3 Å². The minimum Gasteiger partial charge on any atom is -0.456 e. The number of para-hydroxylation sites is 2. The van der Waals surface area contributed by atoms with E-state index in [9.17, 15) is 0 Å². The molecule has 0 N–H and O–H groups in total. The largest absolute Gasteiger partial charge is 0.456 e. The van der Waals surface area contributed by atoms with Crippen molar-refractivity contribution in [3.05, 3.63) is 200 Å². The lowest BCUT2D eigenvalue weighted by molar-refractivity contribution is 0.668. The second kappa shape index (κ2) is 13.6. The average molecular weight is 792 g/mol.